The van der Waals surface area contributed by atoms with E-state index in [-0.39, 0.29) is 11.9 Å². The van der Waals surface area contributed by atoms with Crippen molar-refractivity contribution in [3.05, 3.63) is 51.7 Å². The molecule has 1 aromatic heterocycles. The number of hydrogen-bond acceptors (Lipinski definition) is 3. The molecule has 1 amide bonds. The van der Waals surface area contributed by atoms with Crippen LogP contribution in [0.1, 0.15) is 34.6 Å². The second-order valence-corrected chi connectivity index (χ2v) is 6.12. The fraction of sp³-hybridized carbons (Fsp3) is 0.312. The number of thiophene rings is 1. The van der Waals surface area contributed by atoms with Gasteiger partial charge < -0.3 is 10.6 Å². The SMILES string of the molecule is Cc1ccsc1C(=O)N(Cc1cccc(N)c1)C(C)C. The van der Waals surface area contributed by atoms with E-state index in [1.54, 1.807) is 0 Å². The quantitative estimate of drug-likeness (QED) is 0.872. The van der Waals surface area contributed by atoms with Crippen LogP contribution in [0.25, 0.3) is 0 Å². The fourth-order valence-corrected chi connectivity index (χ4v) is 2.98. The third kappa shape index (κ3) is 3.20. The predicted molar refractivity (Wildman–Crippen MR) is 84.9 cm³/mol. The van der Waals surface area contributed by atoms with E-state index in [4.69, 9.17) is 5.73 Å². The Morgan fingerprint density at radius 1 is 1.35 bits per heavy atom. The number of amides is 1. The van der Waals surface area contributed by atoms with Crippen molar-refractivity contribution in [3.63, 3.8) is 0 Å². The molecule has 1 aromatic carbocycles. The minimum Gasteiger partial charge on any atom is -0.399 e. The van der Waals surface area contributed by atoms with Gasteiger partial charge in [-0.05, 0) is 55.5 Å². The van der Waals surface area contributed by atoms with Gasteiger partial charge in [-0.3, -0.25) is 4.79 Å². The van der Waals surface area contributed by atoms with E-state index >= 15 is 0 Å². The van der Waals surface area contributed by atoms with Crippen molar-refractivity contribution in [2.24, 2.45) is 0 Å². The largest absolute Gasteiger partial charge is 0.399 e. The molecule has 0 atom stereocenters. The number of anilines is 1. The number of nitrogens with zero attached hydrogens (tertiary/aromatic N) is 1. The smallest absolute Gasteiger partial charge is 0.264 e. The molecule has 106 valence electrons. The maximum Gasteiger partial charge on any atom is 0.264 e. The molecule has 0 bridgehead atoms. The van der Waals surface area contributed by atoms with E-state index in [1.807, 2.05) is 61.4 Å². The Bertz CT molecular complexity index is 604. The number of nitrogens with two attached hydrogens (primary N) is 1. The molecule has 0 spiro atoms. The first kappa shape index (κ1) is 14.6. The summed E-state index contributed by atoms with van der Waals surface area (Å²) in [5, 5.41) is 1.96. The maximum absolute atomic E-state index is 12.7. The van der Waals surface area contributed by atoms with Crippen molar-refractivity contribution in [3.8, 4) is 0 Å². The van der Waals surface area contributed by atoms with Gasteiger partial charge in [0, 0.05) is 18.3 Å². The van der Waals surface area contributed by atoms with Gasteiger partial charge in [0.2, 0.25) is 0 Å². The number of benzene rings is 1. The molecule has 2 N–H and O–H groups in total. The Balaban J connectivity index is 2.24. The summed E-state index contributed by atoms with van der Waals surface area (Å²) >= 11 is 1.50. The average molecular weight is 288 g/mol. The third-order valence-corrected chi connectivity index (χ3v) is 4.25. The lowest BCUT2D eigenvalue weighted by Gasteiger charge is -2.27. The second-order valence-electron chi connectivity index (χ2n) is 5.20. The van der Waals surface area contributed by atoms with E-state index in [1.165, 1.54) is 11.3 Å². The third-order valence-electron chi connectivity index (χ3n) is 3.24. The molecule has 0 fully saturated rings. The van der Waals surface area contributed by atoms with Crippen LogP contribution < -0.4 is 5.73 Å². The van der Waals surface area contributed by atoms with E-state index in [9.17, 15) is 4.79 Å². The number of rotatable bonds is 4. The van der Waals surface area contributed by atoms with Crippen LogP contribution >= 0.6 is 11.3 Å². The van der Waals surface area contributed by atoms with E-state index < -0.39 is 0 Å². The van der Waals surface area contributed by atoms with E-state index in [0.717, 1.165) is 21.7 Å². The highest BCUT2D eigenvalue weighted by Crippen LogP contribution is 2.21. The lowest BCUT2D eigenvalue weighted by Crippen LogP contribution is -2.36. The lowest BCUT2D eigenvalue weighted by atomic mass is 10.1. The molecule has 0 aliphatic carbocycles. The Labute approximate surface area is 124 Å². The molecule has 0 aliphatic heterocycles. The van der Waals surface area contributed by atoms with Crippen molar-refractivity contribution in [1.82, 2.24) is 4.90 Å². The highest BCUT2D eigenvalue weighted by molar-refractivity contribution is 7.12. The number of hydrogen-bond donors (Lipinski definition) is 1. The van der Waals surface area contributed by atoms with Crippen LogP contribution in [0.5, 0.6) is 0 Å². The average Bonchev–Trinajstić information content (AvgIpc) is 2.81. The Kier molecular flexibility index (Phi) is 4.45. The predicted octanol–water partition coefficient (Wildman–Crippen LogP) is 3.69. The van der Waals surface area contributed by atoms with Crippen LogP contribution in [0, 0.1) is 6.92 Å². The Morgan fingerprint density at radius 3 is 2.65 bits per heavy atom. The number of aryl methyl sites for hydroxylation is 1. The monoisotopic (exact) mass is 288 g/mol. The van der Waals surface area contributed by atoms with Gasteiger partial charge in [-0.1, -0.05) is 12.1 Å². The van der Waals surface area contributed by atoms with E-state index in [2.05, 4.69) is 0 Å². The molecule has 4 heteroatoms. The summed E-state index contributed by atoms with van der Waals surface area (Å²) in [5.74, 6) is 0.0925. The van der Waals surface area contributed by atoms with Crippen LogP contribution in [-0.2, 0) is 6.54 Å². The summed E-state index contributed by atoms with van der Waals surface area (Å²) in [4.78, 5) is 15.4. The molecule has 3 nitrogen and oxygen atoms in total. The van der Waals surface area contributed by atoms with E-state index in [0.29, 0.717) is 6.54 Å². The van der Waals surface area contributed by atoms with Crippen LogP contribution in [0.2, 0.25) is 0 Å². The summed E-state index contributed by atoms with van der Waals surface area (Å²) in [6.07, 6.45) is 0. The Morgan fingerprint density at radius 2 is 2.10 bits per heavy atom. The van der Waals surface area contributed by atoms with Gasteiger partial charge in [-0.2, -0.15) is 0 Å². The molecular formula is C16H20N2OS. The van der Waals surface area contributed by atoms with Crippen molar-refractivity contribution >= 4 is 22.9 Å². The molecule has 0 unspecified atom stereocenters. The van der Waals surface area contributed by atoms with Gasteiger partial charge in [0.05, 0.1) is 4.88 Å². The topological polar surface area (TPSA) is 46.3 Å². The summed E-state index contributed by atoms with van der Waals surface area (Å²) in [5.41, 5.74) is 8.63. The van der Waals surface area contributed by atoms with Crippen LogP contribution in [0.3, 0.4) is 0 Å². The number of carbonyl (C=O) groups is 1. The molecule has 0 saturated heterocycles. The van der Waals surface area contributed by atoms with Crippen LogP contribution in [0.15, 0.2) is 35.7 Å². The minimum absolute atomic E-state index is 0.0925. The first-order valence-electron chi connectivity index (χ1n) is 6.68. The second kappa shape index (κ2) is 6.09. The first-order chi connectivity index (χ1) is 9.49. The molecule has 1 heterocycles. The molecule has 2 rings (SSSR count). The summed E-state index contributed by atoms with van der Waals surface area (Å²) in [6.45, 7) is 6.63. The normalized spacial score (nSPS) is 10.8. The fourth-order valence-electron chi connectivity index (χ4n) is 2.10. The zero-order valence-corrected chi connectivity index (χ0v) is 12.9. The summed E-state index contributed by atoms with van der Waals surface area (Å²) < 4.78 is 0. The maximum atomic E-state index is 12.7. The van der Waals surface area contributed by atoms with Gasteiger partial charge in [0.15, 0.2) is 0 Å². The molecule has 0 radical (unpaired) electrons. The Hall–Kier alpha value is -1.81. The van der Waals surface area contributed by atoms with Gasteiger partial charge in [-0.15, -0.1) is 11.3 Å². The molecule has 20 heavy (non-hydrogen) atoms. The number of nitrogen functional groups attached to an aromatic ring is 1. The minimum atomic E-state index is 0.0925. The van der Waals surface area contributed by atoms with Crippen LogP contribution in [-0.4, -0.2) is 16.8 Å². The molecular weight excluding hydrogens is 268 g/mol. The zero-order valence-electron chi connectivity index (χ0n) is 12.1. The zero-order chi connectivity index (χ0) is 14.7. The van der Waals surface area contributed by atoms with Gasteiger partial charge in [0.1, 0.15) is 0 Å². The standard InChI is InChI=1S/C16H20N2OS/c1-11(2)18(10-13-5-4-6-14(17)9-13)16(19)15-12(3)7-8-20-15/h4-9,11H,10,17H2,1-3H3. The molecule has 0 aliphatic rings. The summed E-state index contributed by atoms with van der Waals surface area (Å²) in [7, 11) is 0. The summed E-state index contributed by atoms with van der Waals surface area (Å²) in [6, 6.07) is 9.82. The highest BCUT2D eigenvalue weighted by atomic mass is 32.1. The van der Waals surface area contributed by atoms with Crippen molar-refractivity contribution < 1.29 is 4.79 Å². The van der Waals surface area contributed by atoms with Gasteiger partial charge in [0.25, 0.3) is 5.91 Å². The van der Waals surface area contributed by atoms with Crippen LogP contribution in [0.4, 0.5) is 5.69 Å². The number of carbonyl (C=O) groups excluding carboxylic acids is 1. The van der Waals surface area contributed by atoms with Gasteiger partial charge in [-0.25, -0.2) is 0 Å². The molecule has 2 aromatic rings. The van der Waals surface area contributed by atoms with Crippen molar-refractivity contribution in [2.45, 2.75) is 33.4 Å². The highest BCUT2D eigenvalue weighted by Gasteiger charge is 2.21. The van der Waals surface area contributed by atoms with Crippen molar-refractivity contribution in [2.75, 3.05) is 5.73 Å². The first-order valence-corrected chi connectivity index (χ1v) is 7.56. The molecule has 0 saturated carbocycles. The van der Waals surface area contributed by atoms with Crippen molar-refractivity contribution in [1.29, 1.82) is 0 Å². The lowest BCUT2D eigenvalue weighted by molar-refractivity contribution is 0.0695. The van der Waals surface area contributed by atoms with Gasteiger partial charge >= 0.3 is 0 Å².